The predicted octanol–water partition coefficient (Wildman–Crippen LogP) is 2.99. The number of nitrogens with zero attached hydrogens (tertiary/aromatic N) is 4. The molecule has 0 bridgehead atoms. The van der Waals surface area contributed by atoms with Crippen molar-refractivity contribution in [3.63, 3.8) is 0 Å². The van der Waals surface area contributed by atoms with Gasteiger partial charge in [-0.2, -0.15) is 4.31 Å². The van der Waals surface area contributed by atoms with Crippen LogP contribution >= 0.6 is 0 Å². The summed E-state index contributed by atoms with van der Waals surface area (Å²) in [5.74, 6) is 2.28. The summed E-state index contributed by atoms with van der Waals surface area (Å²) in [5.41, 5.74) is 2.46. The van der Waals surface area contributed by atoms with Gasteiger partial charge in [-0.15, -0.1) is 10.2 Å². The van der Waals surface area contributed by atoms with E-state index in [2.05, 4.69) is 10.2 Å². The molecule has 1 aliphatic heterocycles. The molecule has 0 saturated carbocycles. The van der Waals surface area contributed by atoms with E-state index in [-0.39, 0.29) is 0 Å². The van der Waals surface area contributed by atoms with Crippen LogP contribution in [-0.2, 0) is 10.0 Å². The van der Waals surface area contributed by atoms with Gasteiger partial charge in [0.25, 0.3) is 0 Å². The zero-order valence-corrected chi connectivity index (χ0v) is 20.5. The van der Waals surface area contributed by atoms with Crippen LogP contribution in [-0.4, -0.2) is 70.4 Å². The van der Waals surface area contributed by atoms with Gasteiger partial charge in [0.15, 0.2) is 17.3 Å². The van der Waals surface area contributed by atoms with Crippen LogP contribution in [0.15, 0.2) is 53.4 Å². The van der Waals surface area contributed by atoms with Gasteiger partial charge in [-0.25, -0.2) is 8.42 Å². The van der Waals surface area contributed by atoms with Crippen LogP contribution < -0.4 is 19.1 Å². The van der Waals surface area contributed by atoms with Crippen LogP contribution in [0.3, 0.4) is 0 Å². The molecule has 10 heteroatoms. The number of ether oxygens (including phenoxy) is 3. The maximum absolute atomic E-state index is 12.9. The molecule has 9 nitrogen and oxygen atoms in total. The average molecular weight is 485 g/mol. The largest absolute Gasteiger partial charge is 0.493 e. The van der Waals surface area contributed by atoms with Gasteiger partial charge in [-0.05, 0) is 43.3 Å². The number of benzene rings is 2. The second kappa shape index (κ2) is 9.86. The highest BCUT2D eigenvalue weighted by atomic mass is 32.2. The normalized spacial score (nSPS) is 14.6. The van der Waals surface area contributed by atoms with Crippen molar-refractivity contribution in [1.82, 2.24) is 14.5 Å². The van der Waals surface area contributed by atoms with Crippen molar-refractivity contribution < 1.29 is 22.6 Å². The number of hydrogen-bond acceptors (Lipinski definition) is 8. The summed E-state index contributed by atoms with van der Waals surface area (Å²) in [7, 11) is 1.17. The lowest BCUT2D eigenvalue weighted by atomic mass is 10.1. The molecule has 1 saturated heterocycles. The Kier molecular flexibility index (Phi) is 6.90. The first-order valence-corrected chi connectivity index (χ1v) is 12.3. The number of methoxy groups -OCH3 is 3. The Bertz CT molecular complexity index is 1210. The zero-order chi connectivity index (χ0) is 24.3. The summed E-state index contributed by atoms with van der Waals surface area (Å²) in [6.07, 6.45) is 0. The van der Waals surface area contributed by atoms with E-state index in [1.165, 1.54) is 4.31 Å². The summed E-state index contributed by atoms with van der Waals surface area (Å²) in [4.78, 5) is 2.36. The van der Waals surface area contributed by atoms with Crippen LogP contribution in [0.4, 0.5) is 5.82 Å². The topological polar surface area (TPSA) is 94.1 Å². The quantitative estimate of drug-likeness (QED) is 0.505. The summed E-state index contributed by atoms with van der Waals surface area (Å²) >= 11 is 0. The van der Waals surface area contributed by atoms with Crippen LogP contribution in [0.5, 0.6) is 17.2 Å². The standard InChI is InChI=1S/C24H28N4O5S/c1-17-5-7-19(8-6-17)34(29,30)28-13-11-27(12-14-28)23-10-9-20(25-26-23)18-15-21(31-2)24(33-4)22(16-18)32-3/h5-10,15-16H,11-14H2,1-4H3. The number of anilines is 1. The molecule has 0 N–H and O–H groups in total. The second-order valence-corrected chi connectivity index (χ2v) is 9.83. The maximum atomic E-state index is 12.9. The Balaban J connectivity index is 1.47. The van der Waals surface area contributed by atoms with Gasteiger partial charge in [0.2, 0.25) is 15.8 Å². The molecule has 1 aliphatic rings. The van der Waals surface area contributed by atoms with Gasteiger partial charge < -0.3 is 19.1 Å². The minimum Gasteiger partial charge on any atom is -0.493 e. The summed E-state index contributed by atoms with van der Waals surface area (Å²) in [6.45, 7) is 3.76. The lowest BCUT2D eigenvalue weighted by molar-refractivity contribution is 0.324. The molecule has 4 rings (SSSR count). The predicted molar refractivity (Wildman–Crippen MR) is 129 cm³/mol. The van der Waals surface area contributed by atoms with Crippen molar-refractivity contribution in [2.24, 2.45) is 0 Å². The number of rotatable bonds is 7. The molecule has 34 heavy (non-hydrogen) atoms. The van der Waals surface area contributed by atoms with Crippen molar-refractivity contribution in [2.75, 3.05) is 52.4 Å². The molecule has 0 aliphatic carbocycles. The van der Waals surface area contributed by atoms with Crippen molar-refractivity contribution in [1.29, 1.82) is 0 Å². The van der Waals surface area contributed by atoms with Gasteiger partial charge in [-0.3, -0.25) is 0 Å². The van der Waals surface area contributed by atoms with Crippen LogP contribution in [0, 0.1) is 6.92 Å². The lowest BCUT2D eigenvalue weighted by Crippen LogP contribution is -2.49. The third-order valence-corrected chi connectivity index (χ3v) is 7.75. The highest BCUT2D eigenvalue weighted by molar-refractivity contribution is 7.89. The first-order chi connectivity index (χ1) is 16.4. The Hall–Kier alpha value is -3.37. The highest BCUT2D eigenvalue weighted by Crippen LogP contribution is 2.40. The van der Waals surface area contributed by atoms with E-state index >= 15 is 0 Å². The molecule has 180 valence electrons. The van der Waals surface area contributed by atoms with E-state index in [9.17, 15) is 8.42 Å². The number of piperazine rings is 1. The Morgan fingerprint density at radius 1 is 0.794 bits per heavy atom. The monoisotopic (exact) mass is 484 g/mol. The van der Waals surface area contributed by atoms with E-state index in [1.54, 1.807) is 33.5 Å². The Labute approximate surface area is 199 Å². The Morgan fingerprint density at radius 2 is 1.41 bits per heavy atom. The van der Waals surface area contributed by atoms with Crippen molar-refractivity contribution >= 4 is 15.8 Å². The molecule has 2 aromatic carbocycles. The number of hydrogen-bond donors (Lipinski definition) is 0. The van der Waals surface area contributed by atoms with Gasteiger partial charge in [0.05, 0.1) is 31.9 Å². The van der Waals surface area contributed by atoms with E-state index in [0.29, 0.717) is 59.8 Å². The Morgan fingerprint density at radius 3 is 1.91 bits per heavy atom. The lowest BCUT2D eigenvalue weighted by Gasteiger charge is -2.34. The van der Waals surface area contributed by atoms with Gasteiger partial charge >= 0.3 is 0 Å². The molecule has 1 aromatic heterocycles. The number of aromatic nitrogens is 2. The minimum absolute atomic E-state index is 0.320. The third-order valence-electron chi connectivity index (χ3n) is 5.83. The van der Waals surface area contributed by atoms with Crippen molar-refractivity contribution in [3.05, 3.63) is 54.1 Å². The highest BCUT2D eigenvalue weighted by Gasteiger charge is 2.29. The summed E-state index contributed by atoms with van der Waals surface area (Å²) in [6, 6.07) is 14.3. The van der Waals surface area contributed by atoms with Crippen LogP contribution in [0.1, 0.15) is 5.56 Å². The molecule has 0 spiro atoms. The molecular formula is C24H28N4O5S. The van der Waals surface area contributed by atoms with Crippen LogP contribution in [0.2, 0.25) is 0 Å². The van der Waals surface area contributed by atoms with Crippen LogP contribution in [0.25, 0.3) is 11.3 Å². The maximum Gasteiger partial charge on any atom is 0.243 e. The molecule has 0 atom stereocenters. The first kappa shape index (κ1) is 23.8. The van der Waals surface area contributed by atoms with Gasteiger partial charge in [0.1, 0.15) is 0 Å². The molecule has 0 unspecified atom stereocenters. The molecule has 2 heterocycles. The van der Waals surface area contributed by atoms with Crippen molar-refractivity contribution in [3.8, 4) is 28.5 Å². The van der Waals surface area contributed by atoms with Gasteiger partial charge in [-0.1, -0.05) is 17.7 Å². The van der Waals surface area contributed by atoms with E-state index in [4.69, 9.17) is 14.2 Å². The third kappa shape index (κ3) is 4.64. The van der Waals surface area contributed by atoms with Crippen molar-refractivity contribution in [2.45, 2.75) is 11.8 Å². The van der Waals surface area contributed by atoms with Gasteiger partial charge in [0, 0.05) is 31.7 Å². The smallest absolute Gasteiger partial charge is 0.243 e. The number of aryl methyl sites for hydroxylation is 1. The molecule has 3 aromatic rings. The fraction of sp³-hybridized carbons (Fsp3) is 0.333. The fourth-order valence-corrected chi connectivity index (χ4v) is 5.32. The zero-order valence-electron chi connectivity index (χ0n) is 19.7. The number of sulfonamides is 1. The van der Waals surface area contributed by atoms with E-state index in [1.807, 2.05) is 48.2 Å². The first-order valence-electron chi connectivity index (χ1n) is 10.8. The molecular weight excluding hydrogens is 456 g/mol. The summed E-state index contributed by atoms with van der Waals surface area (Å²) < 4.78 is 43.6. The second-order valence-electron chi connectivity index (χ2n) is 7.89. The molecule has 1 fully saturated rings. The molecule has 0 amide bonds. The van der Waals surface area contributed by atoms with E-state index < -0.39 is 10.0 Å². The van der Waals surface area contributed by atoms with E-state index in [0.717, 1.165) is 11.1 Å². The summed E-state index contributed by atoms with van der Waals surface area (Å²) in [5, 5.41) is 8.76. The average Bonchev–Trinajstić information content (AvgIpc) is 2.88. The SMILES string of the molecule is COc1cc(-c2ccc(N3CCN(S(=O)(=O)c4ccc(C)cc4)CC3)nn2)cc(OC)c1OC. The fourth-order valence-electron chi connectivity index (χ4n) is 3.89. The molecule has 0 radical (unpaired) electrons. The minimum atomic E-state index is -3.51.